The number of hydrogen-bond donors (Lipinski definition) is 3. The fraction of sp³-hybridized carbons (Fsp3) is 0.0769. The van der Waals surface area contributed by atoms with Gasteiger partial charge in [-0.1, -0.05) is 78.4 Å². The number of hydrazone groups is 1. The number of hydrogen-bond acceptors (Lipinski definition) is 6. The van der Waals surface area contributed by atoms with Gasteiger partial charge in [0.05, 0.1) is 16.8 Å². The Kier molecular flexibility index (Phi) is 7.19. The highest BCUT2D eigenvalue weighted by Gasteiger charge is 2.33. The van der Waals surface area contributed by atoms with E-state index in [1.54, 1.807) is 48.6 Å². The zero-order valence-corrected chi connectivity index (χ0v) is 19.4. The molecule has 10 nitrogen and oxygen atoms in total. The van der Waals surface area contributed by atoms with Crippen LogP contribution in [0.5, 0.6) is 0 Å². The SMILES string of the molecule is CC(C=Cc1c(-c2ccccc2)[nH]n(CON)c1=O)=CC=C1C(=O)N(C(N)=O)N=C1c1ccccc1. The molecule has 0 saturated carbocycles. The van der Waals surface area contributed by atoms with E-state index in [9.17, 15) is 14.4 Å². The summed E-state index contributed by atoms with van der Waals surface area (Å²) in [5, 5.41) is 7.77. The predicted molar refractivity (Wildman–Crippen MR) is 136 cm³/mol. The van der Waals surface area contributed by atoms with Gasteiger partial charge in [0.1, 0.15) is 5.71 Å². The van der Waals surface area contributed by atoms with Gasteiger partial charge in [0, 0.05) is 11.1 Å². The van der Waals surface area contributed by atoms with Gasteiger partial charge in [0.2, 0.25) is 0 Å². The molecule has 10 heteroatoms. The number of aromatic nitrogens is 2. The summed E-state index contributed by atoms with van der Waals surface area (Å²) in [6.45, 7) is 1.68. The van der Waals surface area contributed by atoms with Crippen molar-refractivity contribution in [1.29, 1.82) is 0 Å². The molecule has 5 N–H and O–H groups in total. The third kappa shape index (κ3) is 4.99. The topological polar surface area (TPSA) is 149 Å². The van der Waals surface area contributed by atoms with Gasteiger partial charge in [0.15, 0.2) is 6.73 Å². The van der Waals surface area contributed by atoms with E-state index in [4.69, 9.17) is 11.6 Å². The van der Waals surface area contributed by atoms with Gasteiger partial charge in [-0.2, -0.15) is 5.10 Å². The summed E-state index contributed by atoms with van der Waals surface area (Å²) >= 11 is 0. The molecule has 0 bridgehead atoms. The fourth-order valence-electron chi connectivity index (χ4n) is 3.65. The summed E-state index contributed by atoms with van der Waals surface area (Å²) in [6.07, 6.45) is 6.69. The number of imide groups is 1. The van der Waals surface area contributed by atoms with Gasteiger partial charge in [-0.3, -0.25) is 19.5 Å². The van der Waals surface area contributed by atoms with E-state index >= 15 is 0 Å². The molecule has 0 fully saturated rings. The zero-order valence-electron chi connectivity index (χ0n) is 19.4. The van der Waals surface area contributed by atoms with Gasteiger partial charge in [-0.25, -0.2) is 15.4 Å². The first-order chi connectivity index (χ1) is 17.4. The maximum Gasteiger partial charge on any atom is 0.342 e. The van der Waals surface area contributed by atoms with Crippen molar-refractivity contribution in [3.63, 3.8) is 0 Å². The number of carbonyl (C=O) groups is 2. The van der Waals surface area contributed by atoms with Gasteiger partial charge in [-0.15, -0.1) is 5.01 Å². The van der Waals surface area contributed by atoms with E-state index in [0.717, 1.165) is 11.1 Å². The molecule has 2 heterocycles. The minimum absolute atomic E-state index is 0.131. The largest absolute Gasteiger partial charge is 0.350 e. The lowest BCUT2D eigenvalue weighted by molar-refractivity contribution is -0.122. The Labute approximate surface area is 206 Å². The quantitative estimate of drug-likeness (QED) is 0.268. The van der Waals surface area contributed by atoms with Crippen molar-refractivity contribution in [3.8, 4) is 11.3 Å². The summed E-state index contributed by atoms with van der Waals surface area (Å²) in [5.41, 5.74) is 8.84. The first kappa shape index (κ1) is 24.3. The number of H-pyrrole nitrogens is 1. The maximum atomic E-state index is 12.9. The number of rotatable bonds is 7. The first-order valence-corrected chi connectivity index (χ1v) is 11.0. The molecule has 1 aliphatic rings. The van der Waals surface area contributed by atoms with Crippen LogP contribution in [-0.4, -0.2) is 32.4 Å². The minimum Gasteiger partial charge on any atom is -0.350 e. The number of urea groups is 1. The van der Waals surface area contributed by atoms with Gasteiger partial charge in [0.25, 0.3) is 11.5 Å². The molecule has 2 aromatic carbocycles. The van der Waals surface area contributed by atoms with Crippen LogP contribution in [0.1, 0.15) is 18.1 Å². The normalized spacial score (nSPS) is 15.2. The number of aromatic amines is 1. The van der Waals surface area contributed by atoms with Crippen molar-refractivity contribution in [1.82, 2.24) is 14.8 Å². The van der Waals surface area contributed by atoms with E-state index in [-0.39, 0.29) is 17.9 Å². The van der Waals surface area contributed by atoms with E-state index in [0.29, 0.717) is 27.5 Å². The molecule has 0 saturated heterocycles. The lowest BCUT2D eigenvalue weighted by Gasteiger charge is -2.03. The maximum absolute atomic E-state index is 12.9. The Hall–Kier alpha value is -4.80. The fourth-order valence-corrected chi connectivity index (χ4v) is 3.65. The number of primary amides is 1. The van der Waals surface area contributed by atoms with Crippen molar-refractivity contribution in [3.05, 3.63) is 112 Å². The Morgan fingerprint density at radius 3 is 2.31 bits per heavy atom. The van der Waals surface area contributed by atoms with Gasteiger partial charge >= 0.3 is 6.03 Å². The number of nitrogens with one attached hydrogen (secondary N) is 1. The Morgan fingerprint density at radius 2 is 1.69 bits per heavy atom. The highest BCUT2D eigenvalue weighted by Crippen LogP contribution is 2.22. The second-order valence-electron chi connectivity index (χ2n) is 7.89. The summed E-state index contributed by atoms with van der Waals surface area (Å²) in [5.74, 6) is 4.54. The van der Waals surface area contributed by atoms with Crippen LogP contribution in [0.25, 0.3) is 17.3 Å². The molecule has 0 aliphatic carbocycles. The lowest BCUT2D eigenvalue weighted by Crippen LogP contribution is -2.33. The van der Waals surface area contributed by atoms with Crippen LogP contribution in [0, 0.1) is 0 Å². The molecule has 3 aromatic rings. The number of nitrogens with two attached hydrogens (primary N) is 2. The highest BCUT2D eigenvalue weighted by molar-refractivity contribution is 6.33. The first-order valence-electron chi connectivity index (χ1n) is 11.0. The van der Waals surface area contributed by atoms with Crippen molar-refractivity contribution < 1.29 is 14.4 Å². The number of benzene rings is 2. The molecule has 182 valence electrons. The van der Waals surface area contributed by atoms with E-state index in [2.05, 4.69) is 15.0 Å². The van der Waals surface area contributed by atoms with Crippen LogP contribution in [0.15, 0.2) is 99.9 Å². The third-order valence-corrected chi connectivity index (χ3v) is 5.42. The van der Waals surface area contributed by atoms with Crippen LogP contribution in [0.4, 0.5) is 4.79 Å². The van der Waals surface area contributed by atoms with Gasteiger partial charge in [-0.05, 0) is 19.1 Å². The summed E-state index contributed by atoms with van der Waals surface area (Å²) in [4.78, 5) is 41.9. The second-order valence-corrected chi connectivity index (χ2v) is 7.89. The molecule has 4 rings (SSSR count). The van der Waals surface area contributed by atoms with Crippen LogP contribution in [0.3, 0.4) is 0 Å². The summed E-state index contributed by atoms with van der Waals surface area (Å²) in [6, 6.07) is 17.4. The third-order valence-electron chi connectivity index (χ3n) is 5.42. The number of nitrogens with zero attached hydrogens (tertiary/aromatic N) is 3. The standard InChI is InChI=1S/C26H24N6O4/c1-17(12-14-20-22(18-8-4-2-5-9-18)29-31(16-36-28)24(20)33)13-15-21-23(19-10-6-3-7-11-19)30-32(25(21)34)26(27)35/h2-15,29H,16,28H2,1H3,(H2,27,35). The van der Waals surface area contributed by atoms with Gasteiger partial charge < -0.3 is 5.73 Å². The molecule has 0 radical (unpaired) electrons. The minimum atomic E-state index is -0.962. The number of allylic oxidation sites excluding steroid dienone is 4. The van der Waals surface area contributed by atoms with Crippen LogP contribution in [0.2, 0.25) is 0 Å². The molecule has 1 aromatic heterocycles. The molecule has 0 unspecified atom stereocenters. The molecular weight excluding hydrogens is 460 g/mol. The number of amides is 3. The summed E-state index contributed by atoms with van der Waals surface area (Å²) in [7, 11) is 0. The van der Waals surface area contributed by atoms with Crippen molar-refractivity contribution in [2.75, 3.05) is 0 Å². The summed E-state index contributed by atoms with van der Waals surface area (Å²) < 4.78 is 1.27. The van der Waals surface area contributed by atoms with Crippen LogP contribution >= 0.6 is 0 Å². The monoisotopic (exact) mass is 484 g/mol. The average Bonchev–Trinajstić information content (AvgIpc) is 3.39. The number of carbonyl (C=O) groups excluding carboxylic acids is 2. The lowest BCUT2D eigenvalue weighted by atomic mass is 10.0. The molecule has 36 heavy (non-hydrogen) atoms. The predicted octanol–water partition coefficient (Wildman–Crippen LogP) is 2.90. The van der Waals surface area contributed by atoms with E-state index < -0.39 is 11.9 Å². The van der Waals surface area contributed by atoms with Crippen molar-refractivity contribution in [2.24, 2.45) is 16.7 Å². The molecular formula is C26H24N6O4. The van der Waals surface area contributed by atoms with Crippen LogP contribution < -0.4 is 17.2 Å². The van der Waals surface area contributed by atoms with E-state index in [1.807, 2.05) is 43.3 Å². The zero-order chi connectivity index (χ0) is 25.7. The average molecular weight is 485 g/mol. The second kappa shape index (κ2) is 10.6. The Balaban J connectivity index is 1.68. The Morgan fingerprint density at radius 1 is 1.06 bits per heavy atom. The molecule has 0 spiro atoms. The van der Waals surface area contributed by atoms with Crippen molar-refractivity contribution >= 4 is 23.7 Å². The Bertz CT molecular complexity index is 1460. The molecule has 3 amide bonds. The molecule has 0 atom stereocenters. The van der Waals surface area contributed by atoms with Crippen molar-refractivity contribution in [2.45, 2.75) is 13.7 Å². The van der Waals surface area contributed by atoms with Crippen LogP contribution in [-0.2, 0) is 16.4 Å². The highest BCUT2D eigenvalue weighted by atomic mass is 16.6. The smallest absolute Gasteiger partial charge is 0.342 e. The van der Waals surface area contributed by atoms with E-state index in [1.165, 1.54) is 4.68 Å². The molecule has 1 aliphatic heterocycles.